The summed E-state index contributed by atoms with van der Waals surface area (Å²) < 4.78 is 5.09. The first-order valence-corrected chi connectivity index (χ1v) is 7.21. The second-order valence-corrected chi connectivity index (χ2v) is 5.42. The number of nitrogens with one attached hydrogen (secondary N) is 1. The summed E-state index contributed by atoms with van der Waals surface area (Å²) in [6.45, 7) is 2.70. The number of rotatable bonds is 5. The fraction of sp³-hybridized carbons (Fsp3) is 0.500. The molecule has 19 heavy (non-hydrogen) atoms. The molecule has 0 unspecified atom stereocenters. The van der Waals surface area contributed by atoms with E-state index >= 15 is 0 Å². The summed E-state index contributed by atoms with van der Waals surface area (Å²) in [6.07, 6.45) is 3.14. The molecule has 0 spiro atoms. The zero-order valence-electron chi connectivity index (χ0n) is 10.5. The average molecular weight is 278 g/mol. The van der Waals surface area contributed by atoms with E-state index in [1.54, 1.807) is 5.38 Å². The van der Waals surface area contributed by atoms with Crippen LogP contribution in [-0.4, -0.2) is 27.6 Å². The molecule has 2 heterocycles. The van der Waals surface area contributed by atoms with Gasteiger partial charge in [-0.05, 0) is 18.8 Å². The number of nitrogens with zero attached hydrogens (tertiary/aromatic N) is 3. The summed E-state index contributed by atoms with van der Waals surface area (Å²) in [4.78, 5) is 20.3. The van der Waals surface area contributed by atoms with Crippen LogP contribution >= 0.6 is 11.3 Å². The Labute approximate surface area is 114 Å². The van der Waals surface area contributed by atoms with Crippen molar-refractivity contribution in [1.29, 1.82) is 0 Å². The molecular weight excluding hydrogens is 264 g/mol. The number of aromatic nitrogens is 3. The van der Waals surface area contributed by atoms with Crippen molar-refractivity contribution < 1.29 is 9.32 Å². The minimum absolute atomic E-state index is 0.126. The molecule has 0 atom stereocenters. The highest BCUT2D eigenvalue weighted by atomic mass is 32.1. The Morgan fingerprint density at radius 2 is 2.37 bits per heavy atom. The minimum Gasteiger partial charge on any atom is -0.350 e. The van der Waals surface area contributed by atoms with Crippen LogP contribution in [0.5, 0.6) is 0 Å². The number of amides is 1. The number of carbonyl (C=O) groups excluding carboxylic acids is 1. The van der Waals surface area contributed by atoms with Gasteiger partial charge in [-0.25, -0.2) is 4.98 Å². The van der Waals surface area contributed by atoms with Gasteiger partial charge in [0.15, 0.2) is 10.8 Å². The molecule has 3 rings (SSSR count). The topological polar surface area (TPSA) is 80.9 Å². The Hall–Kier alpha value is -1.76. The molecule has 1 aliphatic carbocycles. The Bertz CT molecular complexity index is 588. The second kappa shape index (κ2) is 5.08. The van der Waals surface area contributed by atoms with Crippen molar-refractivity contribution in [3.63, 3.8) is 0 Å². The van der Waals surface area contributed by atoms with Crippen LogP contribution in [0.1, 0.15) is 35.4 Å². The first-order chi connectivity index (χ1) is 9.26. The van der Waals surface area contributed by atoms with Crippen molar-refractivity contribution in [2.45, 2.75) is 26.2 Å². The van der Waals surface area contributed by atoms with Crippen LogP contribution in [0.4, 0.5) is 0 Å². The molecule has 0 saturated heterocycles. The van der Waals surface area contributed by atoms with Crippen LogP contribution in [-0.2, 0) is 6.42 Å². The molecular formula is C12H14N4O2S. The molecule has 0 bridgehead atoms. The molecule has 2 aromatic rings. The van der Waals surface area contributed by atoms with Crippen molar-refractivity contribution in [3.8, 4) is 11.6 Å². The molecule has 1 fully saturated rings. The standard InChI is InChI=1S/C12H14N4O2S/c1-2-9-15-11(18-16-9)8-6-19-12(14-8)10(17)13-5-7-3-4-7/h6-7H,2-5H2,1H3,(H,13,17). The molecule has 6 nitrogen and oxygen atoms in total. The normalized spacial score (nSPS) is 14.6. The van der Waals surface area contributed by atoms with Crippen LogP contribution in [0, 0.1) is 5.92 Å². The van der Waals surface area contributed by atoms with Gasteiger partial charge in [0, 0.05) is 18.3 Å². The van der Waals surface area contributed by atoms with E-state index in [4.69, 9.17) is 4.52 Å². The fourth-order valence-corrected chi connectivity index (χ4v) is 2.32. The van der Waals surface area contributed by atoms with Crippen molar-refractivity contribution in [2.24, 2.45) is 5.92 Å². The lowest BCUT2D eigenvalue weighted by Crippen LogP contribution is -2.25. The quantitative estimate of drug-likeness (QED) is 0.903. The zero-order valence-corrected chi connectivity index (χ0v) is 11.4. The summed E-state index contributed by atoms with van der Waals surface area (Å²) in [5, 5.41) is 8.90. The van der Waals surface area contributed by atoms with Crippen LogP contribution in [0.3, 0.4) is 0 Å². The highest BCUT2D eigenvalue weighted by Crippen LogP contribution is 2.27. The van der Waals surface area contributed by atoms with Crippen LogP contribution in [0.2, 0.25) is 0 Å². The van der Waals surface area contributed by atoms with Gasteiger partial charge in [-0.15, -0.1) is 11.3 Å². The second-order valence-electron chi connectivity index (χ2n) is 4.56. The van der Waals surface area contributed by atoms with Gasteiger partial charge in [0.2, 0.25) is 0 Å². The lowest BCUT2D eigenvalue weighted by Gasteiger charge is -1.99. The van der Waals surface area contributed by atoms with Crippen molar-refractivity contribution in [1.82, 2.24) is 20.4 Å². The first-order valence-electron chi connectivity index (χ1n) is 6.33. The average Bonchev–Trinajstić information content (AvgIpc) is 2.94. The van der Waals surface area contributed by atoms with E-state index in [9.17, 15) is 4.79 Å². The van der Waals surface area contributed by atoms with Gasteiger partial charge in [-0.1, -0.05) is 12.1 Å². The Morgan fingerprint density at radius 1 is 1.53 bits per heavy atom. The number of hydrogen-bond acceptors (Lipinski definition) is 6. The van der Waals surface area contributed by atoms with E-state index in [1.807, 2.05) is 6.92 Å². The predicted molar refractivity (Wildman–Crippen MR) is 69.8 cm³/mol. The van der Waals surface area contributed by atoms with Gasteiger partial charge in [-0.3, -0.25) is 4.79 Å². The number of hydrogen-bond donors (Lipinski definition) is 1. The molecule has 7 heteroatoms. The molecule has 1 aliphatic rings. The van der Waals surface area contributed by atoms with E-state index < -0.39 is 0 Å². The van der Waals surface area contributed by atoms with E-state index in [2.05, 4.69) is 20.4 Å². The Kier molecular flexibility index (Phi) is 3.29. The minimum atomic E-state index is -0.126. The summed E-state index contributed by atoms with van der Waals surface area (Å²) in [7, 11) is 0. The number of aryl methyl sites for hydroxylation is 1. The highest BCUT2D eigenvalue weighted by Gasteiger charge is 2.23. The van der Waals surface area contributed by atoms with E-state index in [0.717, 1.165) is 6.54 Å². The zero-order chi connectivity index (χ0) is 13.2. The van der Waals surface area contributed by atoms with Crippen LogP contribution < -0.4 is 5.32 Å². The molecule has 2 aromatic heterocycles. The molecule has 1 N–H and O–H groups in total. The largest absolute Gasteiger partial charge is 0.350 e. The smallest absolute Gasteiger partial charge is 0.280 e. The molecule has 1 saturated carbocycles. The van der Waals surface area contributed by atoms with E-state index in [1.165, 1.54) is 24.2 Å². The van der Waals surface area contributed by atoms with Crippen LogP contribution in [0.25, 0.3) is 11.6 Å². The summed E-state index contributed by atoms with van der Waals surface area (Å²) in [5.74, 6) is 1.54. The lowest BCUT2D eigenvalue weighted by atomic mass is 10.4. The third-order valence-electron chi connectivity index (χ3n) is 2.95. The van der Waals surface area contributed by atoms with Gasteiger partial charge >= 0.3 is 0 Å². The monoisotopic (exact) mass is 278 g/mol. The molecule has 0 aromatic carbocycles. The van der Waals surface area contributed by atoms with Crippen LogP contribution in [0.15, 0.2) is 9.90 Å². The highest BCUT2D eigenvalue weighted by molar-refractivity contribution is 7.12. The van der Waals surface area contributed by atoms with Crippen molar-refractivity contribution in [3.05, 3.63) is 16.2 Å². The van der Waals surface area contributed by atoms with Crippen molar-refractivity contribution in [2.75, 3.05) is 6.54 Å². The van der Waals surface area contributed by atoms with E-state index in [-0.39, 0.29) is 5.91 Å². The molecule has 0 radical (unpaired) electrons. The molecule has 100 valence electrons. The van der Waals surface area contributed by atoms with Gasteiger partial charge in [0.1, 0.15) is 5.69 Å². The maximum atomic E-state index is 11.9. The SMILES string of the molecule is CCc1noc(-c2csc(C(=O)NCC3CC3)n2)n1. The molecule has 1 amide bonds. The van der Waals surface area contributed by atoms with Gasteiger partial charge in [0.25, 0.3) is 11.8 Å². The lowest BCUT2D eigenvalue weighted by molar-refractivity contribution is 0.0951. The summed E-state index contributed by atoms with van der Waals surface area (Å²) >= 11 is 1.29. The first kappa shape index (κ1) is 12.3. The summed E-state index contributed by atoms with van der Waals surface area (Å²) in [5.41, 5.74) is 0.564. The summed E-state index contributed by atoms with van der Waals surface area (Å²) in [6, 6.07) is 0. The Morgan fingerprint density at radius 3 is 3.05 bits per heavy atom. The maximum absolute atomic E-state index is 11.9. The fourth-order valence-electron chi connectivity index (χ4n) is 1.61. The molecule has 0 aliphatic heterocycles. The third kappa shape index (κ3) is 2.81. The Balaban J connectivity index is 1.69. The number of thiazole rings is 1. The van der Waals surface area contributed by atoms with Gasteiger partial charge in [-0.2, -0.15) is 4.98 Å². The van der Waals surface area contributed by atoms with E-state index in [0.29, 0.717) is 34.8 Å². The maximum Gasteiger partial charge on any atom is 0.280 e. The van der Waals surface area contributed by atoms with Crippen molar-refractivity contribution >= 4 is 17.2 Å². The van der Waals surface area contributed by atoms with Gasteiger partial charge < -0.3 is 9.84 Å². The van der Waals surface area contributed by atoms with Gasteiger partial charge in [0.05, 0.1) is 0 Å². The third-order valence-corrected chi connectivity index (χ3v) is 3.79. The predicted octanol–water partition coefficient (Wildman–Crippen LogP) is 1.90. The number of carbonyl (C=O) groups is 1.